The Morgan fingerprint density at radius 2 is 2.14 bits per heavy atom. The number of rotatable bonds is 3. The SMILES string of the molecule is Cn1nnnc1CNC(=O)C1CCCN1C(=O)C(F)(F)F. The van der Waals surface area contributed by atoms with Gasteiger partial charge in [-0.15, -0.1) is 5.10 Å². The van der Waals surface area contributed by atoms with Gasteiger partial charge in [0.1, 0.15) is 6.04 Å². The molecule has 0 aromatic carbocycles. The van der Waals surface area contributed by atoms with Crippen LogP contribution in [0.25, 0.3) is 0 Å². The number of halogens is 3. The van der Waals surface area contributed by atoms with Gasteiger partial charge < -0.3 is 10.2 Å². The molecule has 1 aliphatic rings. The summed E-state index contributed by atoms with van der Waals surface area (Å²) in [5, 5.41) is 13.0. The van der Waals surface area contributed by atoms with Crippen molar-refractivity contribution in [2.24, 2.45) is 7.05 Å². The zero-order valence-corrected chi connectivity index (χ0v) is 11.1. The van der Waals surface area contributed by atoms with Crippen LogP contribution in [0.3, 0.4) is 0 Å². The summed E-state index contributed by atoms with van der Waals surface area (Å²) < 4.78 is 38.7. The van der Waals surface area contributed by atoms with Gasteiger partial charge in [0.15, 0.2) is 5.82 Å². The number of aromatic nitrogens is 4. The van der Waals surface area contributed by atoms with Crippen molar-refractivity contribution in [2.75, 3.05) is 6.54 Å². The number of hydrogen-bond donors (Lipinski definition) is 1. The molecule has 2 amide bonds. The minimum Gasteiger partial charge on any atom is -0.347 e. The Hall–Kier alpha value is -2.20. The van der Waals surface area contributed by atoms with E-state index in [0.29, 0.717) is 17.1 Å². The molecule has 8 nitrogen and oxygen atoms in total. The van der Waals surface area contributed by atoms with E-state index < -0.39 is 24.0 Å². The van der Waals surface area contributed by atoms with E-state index in [1.807, 2.05) is 0 Å². The maximum absolute atomic E-state index is 12.4. The second-order valence-corrected chi connectivity index (χ2v) is 4.59. The third-order valence-corrected chi connectivity index (χ3v) is 3.19. The number of likely N-dealkylation sites (tertiary alicyclic amines) is 1. The molecule has 0 bridgehead atoms. The smallest absolute Gasteiger partial charge is 0.347 e. The van der Waals surface area contributed by atoms with Crippen LogP contribution in [0.4, 0.5) is 13.2 Å². The number of nitrogens with zero attached hydrogens (tertiary/aromatic N) is 5. The monoisotopic (exact) mass is 306 g/mol. The molecule has 1 unspecified atom stereocenters. The van der Waals surface area contributed by atoms with Crippen LogP contribution in [0, 0.1) is 0 Å². The number of alkyl halides is 3. The average molecular weight is 306 g/mol. The van der Waals surface area contributed by atoms with E-state index in [2.05, 4.69) is 20.8 Å². The van der Waals surface area contributed by atoms with E-state index >= 15 is 0 Å². The Labute approximate surface area is 117 Å². The fourth-order valence-corrected chi connectivity index (χ4v) is 2.13. The highest BCUT2D eigenvalue weighted by Gasteiger charge is 2.47. The fraction of sp³-hybridized carbons (Fsp3) is 0.700. The van der Waals surface area contributed by atoms with E-state index in [1.54, 1.807) is 7.05 Å². The van der Waals surface area contributed by atoms with Crippen LogP contribution in [0.1, 0.15) is 18.7 Å². The molecule has 21 heavy (non-hydrogen) atoms. The fourth-order valence-electron chi connectivity index (χ4n) is 2.13. The Morgan fingerprint density at radius 1 is 1.43 bits per heavy atom. The van der Waals surface area contributed by atoms with Gasteiger partial charge in [-0.1, -0.05) is 0 Å². The molecule has 11 heteroatoms. The van der Waals surface area contributed by atoms with Crippen LogP contribution in [0.5, 0.6) is 0 Å². The van der Waals surface area contributed by atoms with Crippen LogP contribution in [0.2, 0.25) is 0 Å². The van der Waals surface area contributed by atoms with Crippen molar-refractivity contribution in [2.45, 2.75) is 31.6 Å². The predicted molar refractivity (Wildman–Crippen MR) is 61.4 cm³/mol. The molecule has 1 aromatic rings. The summed E-state index contributed by atoms with van der Waals surface area (Å²) in [6, 6.07) is -1.11. The summed E-state index contributed by atoms with van der Waals surface area (Å²) in [6.45, 7) is -0.102. The number of hydrogen-bond acceptors (Lipinski definition) is 5. The topological polar surface area (TPSA) is 93.0 Å². The van der Waals surface area contributed by atoms with Crippen molar-refractivity contribution in [1.29, 1.82) is 0 Å². The molecule has 0 aliphatic carbocycles. The Balaban J connectivity index is 1.98. The van der Waals surface area contributed by atoms with Crippen LogP contribution >= 0.6 is 0 Å². The summed E-state index contributed by atoms with van der Waals surface area (Å²) in [6.07, 6.45) is -4.42. The van der Waals surface area contributed by atoms with Crippen LogP contribution < -0.4 is 5.32 Å². The van der Waals surface area contributed by atoms with Crippen LogP contribution in [-0.2, 0) is 23.2 Å². The van der Waals surface area contributed by atoms with E-state index in [4.69, 9.17) is 0 Å². The summed E-state index contributed by atoms with van der Waals surface area (Å²) in [4.78, 5) is 23.8. The van der Waals surface area contributed by atoms with Gasteiger partial charge in [-0.2, -0.15) is 13.2 Å². The number of carbonyl (C=O) groups excluding carboxylic acids is 2. The minimum absolute atomic E-state index is 0.0210. The van der Waals surface area contributed by atoms with E-state index in [-0.39, 0.29) is 19.5 Å². The highest BCUT2D eigenvalue weighted by atomic mass is 19.4. The Bertz CT molecular complexity index is 543. The summed E-state index contributed by atoms with van der Waals surface area (Å²) in [5.41, 5.74) is 0. The molecule has 116 valence electrons. The minimum atomic E-state index is -4.98. The van der Waals surface area contributed by atoms with Crippen molar-refractivity contribution in [3.8, 4) is 0 Å². The standard InChI is InChI=1S/C10H13F3N6O2/c1-18-7(15-16-17-18)5-14-8(20)6-3-2-4-19(6)9(21)10(11,12)13/h6H,2-5H2,1H3,(H,14,20). The lowest BCUT2D eigenvalue weighted by atomic mass is 10.2. The van der Waals surface area contributed by atoms with Gasteiger partial charge in [-0.05, 0) is 23.3 Å². The first kappa shape index (κ1) is 15.2. The number of amides is 2. The lowest BCUT2D eigenvalue weighted by molar-refractivity contribution is -0.186. The van der Waals surface area contributed by atoms with Gasteiger partial charge >= 0.3 is 12.1 Å². The molecule has 0 radical (unpaired) electrons. The van der Waals surface area contributed by atoms with Gasteiger partial charge in [0.25, 0.3) is 0 Å². The molecular formula is C10H13F3N6O2. The first-order valence-corrected chi connectivity index (χ1v) is 6.17. The number of aryl methyl sites for hydroxylation is 1. The number of carbonyl (C=O) groups is 2. The van der Waals surface area contributed by atoms with Gasteiger partial charge in [0, 0.05) is 13.6 Å². The van der Waals surface area contributed by atoms with E-state index in [1.165, 1.54) is 4.68 Å². The molecule has 1 atom stereocenters. The van der Waals surface area contributed by atoms with Crippen LogP contribution in [-0.4, -0.2) is 55.7 Å². The molecule has 1 N–H and O–H groups in total. The molecule has 0 saturated carbocycles. The maximum Gasteiger partial charge on any atom is 0.471 e. The van der Waals surface area contributed by atoms with Gasteiger partial charge in [0.2, 0.25) is 5.91 Å². The third-order valence-electron chi connectivity index (χ3n) is 3.19. The highest BCUT2D eigenvalue weighted by molar-refractivity contribution is 5.90. The summed E-state index contributed by atoms with van der Waals surface area (Å²) in [5.74, 6) is -2.27. The van der Waals surface area contributed by atoms with Gasteiger partial charge in [-0.3, -0.25) is 9.59 Å². The largest absolute Gasteiger partial charge is 0.471 e. The normalized spacial score (nSPS) is 18.9. The van der Waals surface area contributed by atoms with Crippen molar-refractivity contribution in [3.63, 3.8) is 0 Å². The average Bonchev–Trinajstić information content (AvgIpc) is 3.02. The zero-order chi connectivity index (χ0) is 15.6. The zero-order valence-electron chi connectivity index (χ0n) is 11.1. The van der Waals surface area contributed by atoms with Crippen molar-refractivity contribution in [1.82, 2.24) is 30.4 Å². The quantitative estimate of drug-likeness (QED) is 0.803. The lowest BCUT2D eigenvalue weighted by Crippen LogP contribution is -2.50. The molecule has 2 rings (SSSR count). The summed E-state index contributed by atoms with van der Waals surface area (Å²) in [7, 11) is 1.57. The van der Waals surface area contributed by atoms with E-state index in [9.17, 15) is 22.8 Å². The first-order chi connectivity index (χ1) is 9.80. The van der Waals surface area contributed by atoms with Crippen molar-refractivity contribution in [3.05, 3.63) is 5.82 Å². The first-order valence-electron chi connectivity index (χ1n) is 6.17. The second-order valence-electron chi connectivity index (χ2n) is 4.59. The third kappa shape index (κ3) is 3.28. The molecule has 1 saturated heterocycles. The molecular weight excluding hydrogens is 293 g/mol. The van der Waals surface area contributed by atoms with Crippen molar-refractivity contribution < 1.29 is 22.8 Å². The van der Waals surface area contributed by atoms with Gasteiger partial charge in [0.05, 0.1) is 6.54 Å². The molecule has 1 fully saturated rings. The molecule has 1 aliphatic heterocycles. The molecule has 0 spiro atoms. The molecule has 1 aromatic heterocycles. The second kappa shape index (κ2) is 5.66. The Kier molecular flexibility index (Phi) is 4.09. The van der Waals surface area contributed by atoms with Gasteiger partial charge in [-0.25, -0.2) is 4.68 Å². The highest BCUT2D eigenvalue weighted by Crippen LogP contribution is 2.25. The summed E-state index contributed by atoms with van der Waals surface area (Å²) >= 11 is 0. The number of nitrogens with one attached hydrogen (secondary N) is 1. The maximum atomic E-state index is 12.4. The van der Waals surface area contributed by atoms with Crippen molar-refractivity contribution >= 4 is 11.8 Å². The molecule has 2 heterocycles. The number of tetrazole rings is 1. The predicted octanol–water partition coefficient (Wildman–Crippen LogP) is -0.620. The Morgan fingerprint density at radius 3 is 2.71 bits per heavy atom. The lowest BCUT2D eigenvalue weighted by Gasteiger charge is -2.24. The van der Waals surface area contributed by atoms with E-state index in [0.717, 1.165) is 0 Å². The van der Waals surface area contributed by atoms with Crippen LogP contribution in [0.15, 0.2) is 0 Å².